The van der Waals surface area contributed by atoms with Crippen LogP contribution in [-0.4, -0.2) is 9.97 Å². The van der Waals surface area contributed by atoms with E-state index < -0.39 is 5.82 Å². The molecule has 0 amide bonds. The minimum absolute atomic E-state index is 0.0856. The van der Waals surface area contributed by atoms with Gasteiger partial charge in [-0.1, -0.05) is 17.7 Å². The molecule has 17 heavy (non-hydrogen) atoms. The molecule has 2 aromatic rings. The zero-order chi connectivity index (χ0) is 12.4. The number of nitrogens with zero attached hydrogens (tertiary/aromatic N) is 2. The van der Waals surface area contributed by atoms with Crippen LogP contribution in [0.3, 0.4) is 0 Å². The molecule has 0 radical (unpaired) electrons. The Balaban J connectivity index is 2.31. The largest absolute Gasteiger partial charge is 0.396 e. The van der Waals surface area contributed by atoms with Gasteiger partial charge in [0.25, 0.3) is 0 Å². The van der Waals surface area contributed by atoms with Crippen molar-refractivity contribution in [2.24, 2.45) is 0 Å². The van der Waals surface area contributed by atoms with Gasteiger partial charge >= 0.3 is 0 Å². The maximum absolute atomic E-state index is 13.2. The monoisotopic (exact) mass is 271 g/mol. The van der Waals surface area contributed by atoms with Gasteiger partial charge in [-0.3, -0.25) is 0 Å². The molecule has 2 rings (SSSR count). The van der Waals surface area contributed by atoms with Crippen LogP contribution in [0.15, 0.2) is 24.4 Å². The number of anilines is 1. The Kier molecular flexibility index (Phi) is 3.45. The second-order valence-electron chi connectivity index (χ2n) is 3.47. The number of halogens is 3. The fourth-order valence-electron chi connectivity index (χ4n) is 1.39. The number of benzene rings is 1. The molecule has 0 aliphatic carbocycles. The molecule has 0 aliphatic rings. The van der Waals surface area contributed by atoms with Crippen LogP contribution in [-0.2, 0) is 6.42 Å². The van der Waals surface area contributed by atoms with E-state index >= 15 is 0 Å². The van der Waals surface area contributed by atoms with E-state index in [1.54, 1.807) is 6.07 Å². The highest BCUT2D eigenvalue weighted by atomic mass is 35.5. The van der Waals surface area contributed by atoms with Crippen LogP contribution >= 0.6 is 23.2 Å². The second kappa shape index (κ2) is 4.85. The summed E-state index contributed by atoms with van der Waals surface area (Å²) in [7, 11) is 0. The lowest BCUT2D eigenvalue weighted by Crippen LogP contribution is -2.01. The lowest BCUT2D eigenvalue weighted by molar-refractivity contribution is 0.626. The molecule has 3 nitrogen and oxygen atoms in total. The summed E-state index contributed by atoms with van der Waals surface area (Å²) in [6.45, 7) is 0. The summed E-state index contributed by atoms with van der Waals surface area (Å²) >= 11 is 11.3. The molecule has 1 heterocycles. The number of rotatable bonds is 2. The van der Waals surface area contributed by atoms with Gasteiger partial charge in [0.1, 0.15) is 5.82 Å². The first-order valence-corrected chi connectivity index (χ1v) is 5.52. The lowest BCUT2D eigenvalue weighted by atomic mass is 10.1. The van der Waals surface area contributed by atoms with Crippen LogP contribution in [0, 0.1) is 5.82 Å². The van der Waals surface area contributed by atoms with E-state index in [-0.39, 0.29) is 10.3 Å². The van der Waals surface area contributed by atoms with E-state index in [1.165, 1.54) is 18.3 Å². The summed E-state index contributed by atoms with van der Waals surface area (Å²) in [6.07, 6.45) is 1.80. The maximum Gasteiger partial charge on any atom is 0.222 e. The number of aromatic nitrogens is 2. The molecule has 2 N–H and O–H groups in total. The van der Waals surface area contributed by atoms with E-state index in [4.69, 9.17) is 28.9 Å². The molecule has 88 valence electrons. The Morgan fingerprint density at radius 1 is 1.29 bits per heavy atom. The van der Waals surface area contributed by atoms with Gasteiger partial charge in [0.05, 0.1) is 22.6 Å². The van der Waals surface area contributed by atoms with Crippen molar-refractivity contribution in [2.45, 2.75) is 6.42 Å². The predicted molar refractivity (Wildman–Crippen MR) is 65.7 cm³/mol. The second-order valence-corrected chi connectivity index (χ2v) is 4.21. The zero-order valence-corrected chi connectivity index (χ0v) is 10.1. The summed E-state index contributed by atoms with van der Waals surface area (Å²) in [4.78, 5) is 7.74. The smallest absolute Gasteiger partial charge is 0.222 e. The predicted octanol–water partition coefficient (Wildman–Crippen LogP) is 3.10. The molecule has 6 heteroatoms. The van der Waals surface area contributed by atoms with Gasteiger partial charge < -0.3 is 5.73 Å². The molecular formula is C11H8Cl2FN3. The van der Waals surface area contributed by atoms with Crippen LogP contribution in [0.4, 0.5) is 10.1 Å². The number of nitrogens with two attached hydrogens (primary N) is 1. The molecule has 0 fully saturated rings. The SMILES string of the molecule is Nc1cnc(Cl)nc1Cc1ccc(Cl)c(F)c1. The Morgan fingerprint density at radius 3 is 2.76 bits per heavy atom. The van der Waals surface area contributed by atoms with Gasteiger partial charge in [-0.2, -0.15) is 0 Å². The van der Waals surface area contributed by atoms with Crippen molar-refractivity contribution in [3.63, 3.8) is 0 Å². The van der Waals surface area contributed by atoms with Crippen LogP contribution in [0.2, 0.25) is 10.3 Å². The fraction of sp³-hybridized carbons (Fsp3) is 0.0909. The quantitative estimate of drug-likeness (QED) is 0.854. The molecular weight excluding hydrogens is 264 g/mol. The summed E-state index contributed by atoms with van der Waals surface area (Å²) in [6, 6.07) is 4.55. The van der Waals surface area contributed by atoms with Gasteiger partial charge in [0.2, 0.25) is 5.28 Å². The van der Waals surface area contributed by atoms with Crippen LogP contribution < -0.4 is 5.73 Å². The van der Waals surface area contributed by atoms with Gasteiger partial charge in [-0.15, -0.1) is 0 Å². The first kappa shape index (κ1) is 12.1. The van der Waals surface area contributed by atoms with Crippen LogP contribution in [0.5, 0.6) is 0 Å². The average Bonchev–Trinajstić information content (AvgIpc) is 2.29. The maximum atomic E-state index is 13.2. The van der Waals surface area contributed by atoms with Crippen LogP contribution in [0.25, 0.3) is 0 Å². The minimum atomic E-state index is -0.470. The Labute approximate surface area is 107 Å². The van der Waals surface area contributed by atoms with E-state index in [0.717, 1.165) is 0 Å². The van der Waals surface area contributed by atoms with Crippen molar-refractivity contribution in [2.75, 3.05) is 5.73 Å². The average molecular weight is 272 g/mol. The van der Waals surface area contributed by atoms with Gasteiger partial charge in [-0.05, 0) is 29.3 Å². The van der Waals surface area contributed by atoms with Gasteiger partial charge in [0.15, 0.2) is 0 Å². The molecule has 1 aromatic carbocycles. The molecule has 0 aliphatic heterocycles. The van der Waals surface area contributed by atoms with Crippen molar-refractivity contribution < 1.29 is 4.39 Å². The van der Waals surface area contributed by atoms with E-state index in [9.17, 15) is 4.39 Å². The molecule has 0 saturated carbocycles. The first-order chi connectivity index (χ1) is 8.06. The number of nitrogen functional groups attached to an aromatic ring is 1. The summed E-state index contributed by atoms with van der Waals surface area (Å²) in [5, 5.41) is 0.200. The van der Waals surface area contributed by atoms with Crippen molar-refractivity contribution in [1.82, 2.24) is 9.97 Å². The fourth-order valence-corrected chi connectivity index (χ4v) is 1.65. The topological polar surface area (TPSA) is 51.8 Å². The minimum Gasteiger partial charge on any atom is -0.396 e. The standard InChI is InChI=1S/C11H8Cl2FN3/c12-7-2-1-6(3-8(7)14)4-10-9(15)5-16-11(13)17-10/h1-3,5H,4,15H2. The molecule has 0 saturated heterocycles. The number of hydrogen-bond acceptors (Lipinski definition) is 3. The molecule has 1 aromatic heterocycles. The normalized spacial score (nSPS) is 10.5. The molecule has 0 spiro atoms. The number of hydrogen-bond donors (Lipinski definition) is 1. The highest BCUT2D eigenvalue weighted by molar-refractivity contribution is 6.30. The van der Waals surface area contributed by atoms with E-state index in [1.807, 2.05) is 0 Å². The highest BCUT2D eigenvalue weighted by Gasteiger charge is 2.07. The summed E-state index contributed by atoms with van der Waals surface area (Å²) in [5.74, 6) is -0.470. The third-order valence-electron chi connectivity index (χ3n) is 2.23. The molecule has 0 unspecified atom stereocenters. The Bertz CT molecular complexity index is 560. The Hall–Kier alpha value is -1.39. The first-order valence-electron chi connectivity index (χ1n) is 4.77. The van der Waals surface area contributed by atoms with Gasteiger partial charge in [-0.25, -0.2) is 14.4 Å². The molecule has 0 bridgehead atoms. The Morgan fingerprint density at radius 2 is 2.06 bits per heavy atom. The van der Waals surface area contributed by atoms with E-state index in [0.29, 0.717) is 23.4 Å². The lowest BCUT2D eigenvalue weighted by Gasteiger charge is -2.05. The summed E-state index contributed by atoms with van der Waals surface area (Å²) < 4.78 is 13.2. The van der Waals surface area contributed by atoms with Crippen molar-refractivity contribution in [1.29, 1.82) is 0 Å². The van der Waals surface area contributed by atoms with Crippen molar-refractivity contribution in [3.05, 3.63) is 51.8 Å². The highest BCUT2D eigenvalue weighted by Crippen LogP contribution is 2.19. The third kappa shape index (κ3) is 2.84. The van der Waals surface area contributed by atoms with Gasteiger partial charge in [0, 0.05) is 6.42 Å². The van der Waals surface area contributed by atoms with Crippen LogP contribution in [0.1, 0.15) is 11.3 Å². The summed E-state index contributed by atoms with van der Waals surface area (Å²) in [5.41, 5.74) is 7.40. The van der Waals surface area contributed by atoms with Crippen molar-refractivity contribution in [3.8, 4) is 0 Å². The van der Waals surface area contributed by atoms with E-state index in [2.05, 4.69) is 9.97 Å². The zero-order valence-electron chi connectivity index (χ0n) is 8.62. The van der Waals surface area contributed by atoms with Crippen molar-refractivity contribution >= 4 is 28.9 Å². The molecule has 0 atom stereocenters. The third-order valence-corrected chi connectivity index (χ3v) is 2.71.